The summed E-state index contributed by atoms with van der Waals surface area (Å²) in [7, 11) is 0. The maximum absolute atomic E-state index is 3.29. The molecule has 0 spiro atoms. The largest absolute Gasteiger partial charge is 0.316 e. The Balaban J connectivity index is 2.34. The van der Waals surface area contributed by atoms with E-state index in [9.17, 15) is 0 Å². The molecule has 0 bridgehead atoms. The van der Waals surface area contributed by atoms with Crippen LogP contribution in [0, 0.1) is 0 Å². The highest BCUT2D eigenvalue weighted by molar-refractivity contribution is 9.09. The fraction of sp³-hybridized carbons (Fsp3) is 1.00. The van der Waals surface area contributed by atoms with Crippen LogP contribution in [-0.4, -0.2) is 18.4 Å². The third-order valence-corrected chi connectivity index (χ3v) is 0.918. The van der Waals surface area contributed by atoms with Crippen molar-refractivity contribution in [1.29, 1.82) is 0 Å². The third-order valence-electron chi connectivity index (χ3n) is 0.521. The fourth-order valence-corrected chi connectivity index (χ4v) is 0.524. The van der Waals surface area contributed by atoms with Crippen molar-refractivity contribution in [2.24, 2.45) is 0 Å². The molecule has 1 nitrogen and oxygen atoms in total. The molecule has 0 fully saturated rings. The molecule has 0 amide bonds. The second-order valence-corrected chi connectivity index (χ2v) is 1.84. The molecule has 0 saturated heterocycles. The lowest BCUT2D eigenvalue weighted by molar-refractivity contribution is 0.771. The zero-order valence-corrected chi connectivity index (χ0v) is 5.59. The van der Waals surface area contributed by atoms with Crippen molar-refractivity contribution in [2.75, 3.05) is 18.4 Å². The normalized spacial score (nSPS) is 9.00. The van der Waals surface area contributed by atoms with Crippen molar-refractivity contribution in [3.63, 3.8) is 0 Å². The van der Waals surface area contributed by atoms with Gasteiger partial charge in [-0.2, -0.15) is 0 Å². The topological polar surface area (TPSA) is 12.0 Å². The Kier molecular flexibility index (Phi) is 5.84. The lowest BCUT2D eigenvalue weighted by atomic mass is 10.7. The van der Waals surface area contributed by atoms with Crippen molar-refractivity contribution >= 4 is 15.9 Å². The zero-order valence-electron chi connectivity index (χ0n) is 4.00. The number of hydrogen-bond acceptors (Lipinski definition) is 1. The monoisotopic (exact) mass is 151 g/mol. The first-order valence-corrected chi connectivity index (χ1v) is 3.30. The second-order valence-electron chi connectivity index (χ2n) is 1.04. The number of alkyl halides is 1. The first-order valence-electron chi connectivity index (χ1n) is 2.18. The first kappa shape index (κ1) is 6.44. The molecule has 38 valence electrons. The van der Waals surface area contributed by atoms with Crippen LogP contribution in [-0.2, 0) is 0 Å². The second kappa shape index (κ2) is 5.44. The van der Waals surface area contributed by atoms with Gasteiger partial charge in [-0.3, -0.25) is 0 Å². The van der Waals surface area contributed by atoms with Gasteiger partial charge in [-0.15, -0.1) is 0 Å². The molecule has 0 atom stereocenters. The van der Waals surface area contributed by atoms with Crippen LogP contribution >= 0.6 is 15.9 Å². The summed E-state index contributed by atoms with van der Waals surface area (Å²) in [6, 6.07) is 0. The minimum Gasteiger partial charge on any atom is -0.316 e. The molecule has 0 aliphatic heterocycles. The highest BCUT2D eigenvalue weighted by Gasteiger charge is 1.72. The molecule has 0 aliphatic carbocycles. The van der Waals surface area contributed by atoms with Gasteiger partial charge in [-0.05, 0) is 6.54 Å². The highest BCUT2D eigenvalue weighted by atomic mass is 79.9. The Morgan fingerprint density at radius 2 is 2.33 bits per heavy atom. The summed E-state index contributed by atoms with van der Waals surface area (Å²) in [6.07, 6.45) is 0. The zero-order chi connectivity index (χ0) is 4.83. The van der Waals surface area contributed by atoms with Crippen LogP contribution in [0.25, 0.3) is 0 Å². The van der Waals surface area contributed by atoms with Gasteiger partial charge in [0.05, 0.1) is 0 Å². The van der Waals surface area contributed by atoms with E-state index in [1.807, 2.05) is 0 Å². The minimum atomic E-state index is 1.06. The van der Waals surface area contributed by atoms with Crippen LogP contribution in [0.1, 0.15) is 6.92 Å². The molecule has 0 aliphatic rings. The minimum absolute atomic E-state index is 1.06. The van der Waals surface area contributed by atoms with E-state index in [2.05, 4.69) is 28.2 Å². The standard InChI is InChI=1S/C4H10BrN/c1-2-6-4-3-5/h6H,2-4H2,1H3. The summed E-state index contributed by atoms with van der Waals surface area (Å²) < 4.78 is 0. The van der Waals surface area contributed by atoms with E-state index in [-0.39, 0.29) is 0 Å². The molecule has 0 aromatic rings. The van der Waals surface area contributed by atoms with Crippen LogP contribution in [0.3, 0.4) is 0 Å². The van der Waals surface area contributed by atoms with Gasteiger partial charge >= 0.3 is 0 Å². The van der Waals surface area contributed by atoms with Gasteiger partial charge in [0, 0.05) is 11.9 Å². The molecule has 0 rings (SSSR count). The Bertz CT molecular complexity index is 19.5. The third kappa shape index (κ3) is 4.44. The van der Waals surface area contributed by atoms with Crippen molar-refractivity contribution in [1.82, 2.24) is 5.32 Å². The number of rotatable bonds is 3. The van der Waals surface area contributed by atoms with Crippen LogP contribution in [0.5, 0.6) is 0 Å². The SMILES string of the molecule is CCNCCBr. The first-order chi connectivity index (χ1) is 2.91. The molecular formula is C4H10BrN. The summed E-state index contributed by atoms with van der Waals surface area (Å²) in [5, 5.41) is 4.21. The van der Waals surface area contributed by atoms with E-state index in [0.717, 1.165) is 18.4 Å². The van der Waals surface area contributed by atoms with E-state index in [1.54, 1.807) is 0 Å². The Labute approximate surface area is 47.3 Å². The molecule has 6 heavy (non-hydrogen) atoms. The molecule has 0 radical (unpaired) electrons. The van der Waals surface area contributed by atoms with Crippen LogP contribution < -0.4 is 5.32 Å². The van der Waals surface area contributed by atoms with Crippen molar-refractivity contribution in [2.45, 2.75) is 6.92 Å². The predicted molar refractivity (Wildman–Crippen MR) is 32.3 cm³/mol. The Morgan fingerprint density at radius 3 is 2.50 bits per heavy atom. The summed E-state index contributed by atoms with van der Waals surface area (Å²) >= 11 is 3.29. The molecule has 0 unspecified atom stereocenters. The number of nitrogens with one attached hydrogen (secondary N) is 1. The summed E-state index contributed by atoms with van der Waals surface area (Å²) in [6.45, 7) is 4.25. The van der Waals surface area contributed by atoms with E-state index in [1.165, 1.54) is 0 Å². The molecule has 1 N–H and O–H groups in total. The van der Waals surface area contributed by atoms with E-state index in [4.69, 9.17) is 0 Å². The maximum Gasteiger partial charge on any atom is 0.0157 e. The Hall–Kier alpha value is 0.440. The van der Waals surface area contributed by atoms with Gasteiger partial charge in [0.25, 0.3) is 0 Å². The summed E-state index contributed by atoms with van der Waals surface area (Å²) in [4.78, 5) is 0. The average Bonchev–Trinajstić information content (AvgIpc) is 1.61. The van der Waals surface area contributed by atoms with Crippen molar-refractivity contribution in [3.8, 4) is 0 Å². The molecule has 0 aromatic carbocycles. The fourth-order valence-electron chi connectivity index (χ4n) is 0.244. The smallest absolute Gasteiger partial charge is 0.0157 e. The summed E-state index contributed by atoms with van der Waals surface area (Å²) in [5.41, 5.74) is 0. The van der Waals surface area contributed by atoms with Gasteiger partial charge < -0.3 is 5.32 Å². The van der Waals surface area contributed by atoms with Crippen LogP contribution in [0.2, 0.25) is 0 Å². The predicted octanol–water partition coefficient (Wildman–Crippen LogP) is 0.991. The van der Waals surface area contributed by atoms with Crippen LogP contribution in [0.15, 0.2) is 0 Å². The highest BCUT2D eigenvalue weighted by Crippen LogP contribution is 1.72. The lowest BCUT2D eigenvalue weighted by Crippen LogP contribution is -2.14. The van der Waals surface area contributed by atoms with Gasteiger partial charge in [-0.1, -0.05) is 22.9 Å². The molecule has 0 heterocycles. The maximum atomic E-state index is 3.29. The molecule has 2 heteroatoms. The van der Waals surface area contributed by atoms with E-state index >= 15 is 0 Å². The quantitative estimate of drug-likeness (QED) is 0.469. The van der Waals surface area contributed by atoms with E-state index in [0.29, 0.717) is 0 Å². The average molecular weight is 152 g/mol. The van der Waals surface area contributed by atoms with Crippen LogP contribution in [0.4, 0.5) is 0 Å². The molecular weight excluding hydrogens is 142 g/mol. The number of halogens is 1. The van der Waals surface area contributed by atoms with Gasteiger partial charge in [0.15, 0.2) is 0 Å². The molecule has 0 aromatic heterocycles. The van der Waals surface area contributed by atoms with Crippen molar-refractivity contribution in [3.05, 3.63) is 0 Å². The summed E-state index contributed by atoms with van der Waals surface area (Å²) in [5.74, 6) is 0. The van der Waals surface area contributed by atoms with Gasteiger partial charge in [-0.25, -0.2) is 0 Å². The van der Waals surface area contributed by atoms with Gasteiger partial charge in [0.2, 0.25) is 0 Å². The van der Waals surface area contributed by atoms with E-state index < -0.39 is 0 Å². The Morgan fingerprint density at radius 1 is 1.67 bits per heavy atom. The van der Waals surface area contributed by atoms with Gasteiger partial charge in [0.1, 0.15) is 0 Å². The lowest BCUT2D eigenvalue weighted by Gasteiger charge is -1.90. The number of hydrogen-bond donors (Lipinski definition) is 1. The van der Waals surface area contributed by atoms with Crippen molar-refractivity contribution < 1.29 is 0 Å². The molecule has 0 saturated carbocycles.